The van der Waals surface area contributed by atoms with Crippen LogP contribution in [0.2, 0.25) is 0 Å². The van der Waals surface area contributed by atoms with Crippen molar-refractivity contribution in [1.29, 1.82) is 0 Å². The molecule has 1 amide bonds. The van der Waals surface area contributed by atoms with Crippen LogP contribution in [0, 0.1) is 0 Å². The summed E-state index contributed by atoms with van der Waals surface area (Å²) in [4.78, 5) is 24.9. The van der Waals surface area contributed by atoms with E-state index in [1.165, 1.54) is 0 Å². The fourth-order valence-corrected chi connectivity index (χ4v) is 2.76. The monoisotopic (exact) mass is 325 g/mol. The maximum absolute atomic E-state index is 12.4. The molecule has 0 saturated carbocycles. The third-order valence-electron chi connectivity index (χ3n) is 4.11. The largest absolute Gasteiger partial charge is 0.479 e. The molecule has 0 aromatic heterocycles. The van der Waals surface area contributed by atoms with Gasteiger partial charge in [0, 0.05) is 6.54 Å². The summed E-state index contributed by atoms with van der Waals surface area (Å²) in [6.45, 7) is 0.802. The number of hydrogen-bond donors (Lipinski definition) is 1. The van der Waals surface area contributed by atoms with Crippen molar-refractivity contribution >= 4 is 11.9 Å². The predicted octanol–water partition coefficient (Wildman–Crippen LogP) is 2.21. The normalized spacial score (nSPS) is 17.5. The molecule has 0 unspecified atom stereocenters. The number of ether oxygens (including phenoxy) is 1. The molecule has 1 atom stereocenters. The first-order valence-corrected chi connectivity index (χ1v) is 7.90. The minimum atomic E-state index is -1.03. The number of carboxylic acids is 1. The number of nitrogens with zero attached hydrogens (tertiary/aromatic N) is 1. The van der Waals surface area contributed by atoms with Crippen molar-refractivity contribution in [2.45, 2.75) is 12.5 Å². The van der Waals surface area contributed by atoms with Crippen molar-refractivity contribution in [2.24, 2.45) is 0 Å². The first-order valence-electron chi connectivity index (χ1n) is 7.90. The minimum Gasteiger partial charge on any atom is -0.479 e. The molecule has 2 aromatic rings. The van der Waals surface area contributed by atoms with Gasteiger partial charge in [0.25, 0.3) is 0 Å². The van der Waals surface area contributed by atoms with Gasteiger partial charge in [-0.2, -0.15) is 0 Å². The Morgan fingerprint density at radius 2 is 1.71 bits per heavy atom. The molecule has 5 heteroatoms. The molecule has 24 heavy (non-hydrogen) atoms. The van der Waals surface area contributed by atoms with Crippen molar-refractivity contribution < 1.29 is 19.4 Å². The number of hydrogen-bond acceptors (Lipinski definition) is 3. The van der Waals surface area contributed by atoms with E-state index < -0.39 is 12.1 Å². The van der Waals surface area contributed by atoms with E-state index in [2.05, 4.69) is 0 Å². The molecule has 3 rings (SSSR count). The number of carbonyl (C=O) groups excluding carboxylic acids is 1. The van der Waals surface area contributed by atoms with Crippen LogP contribution in [0.15, 0.2) is 54.6 Å². The Bertz CT molecular complexity index is 712. The Balaban J connectivity index is 1.63. The summed E-state index contributed by atoms with van der Waals surface area (Å²) in [5.74, 6) is -1.10. The molecule has 0 bridgehead atoms. The molecule has 5 nitrogen and oxygen atoms in total. The average molecular weight is 325 g/mol. The molecule has 0 spiro atoms. The highest BCUT2D eigenvalue weighted by Gasteiger charge is 2.28. The van der Waals surface area contributed by atoms with Crippen LogP contribution in [0.4, 0.5) is 0 Å². The minimum absolute atomic E-state index is 0.0722. The van der Waals surface area contributed by atoms with E-state index in [1.54, 1.807) is 4.90 Å². The summed E-state index contributed by atoms with van der Waals surface area (Å²) in [6, 6.07) is 17.9. The van der Waals surface area contributed by atoms with E-state index in [4.69, 9.17) is 9.84 Å². The highest BCUT2D eigenvalue weighted by Crippen LogP contribution is 2.19. The Morgan fingerprint density at radius 3 is 2.38 bits per heavy atom. The van der Waals surface area contributed by atoms with Gasteiger partial charge in [0.2, 0.25) is 5.91 Å². The number of carboxylic acid groups (broad SMARTS) is 1. The van der Waals surface area contributed by atoms with E-state index in [-0.39, 0.29) is 25.5 Å². The Hall–Kier alpha value is -2.66. The van der Waals surface area contributed by atoms with Crippen LogP contribution in [0.25, 0.3) is 11.1 Å². The van der Waals surface area contributed by atoms with E-state index in [0.29, 0.717) is 6.54 Å². The summed E-state index contributed by atoms with van der Waals surface area (Å²) < 4.78 is 5.14. The second-order valence-electron chi connectivity index (χ2n) is 5.78. The Morgan fingerprint density at radius 1 is 1.04 bits per heavy atom. The maximum atomic E-state index is 12.4. The lowest BCUT2D eigenvalue weighted by atomic mass is 10.0. The lowest BCUT2D eigenvalue weighted by Crippen LogP contribution is -2.49. The van der Waals surface area contributed by atoms with Crippen molar-refractivity contribution in [2.75, 3.05) is 19.7 Å². The van der Waals surface area contributed by atoms with Gasteiger partial charge >= 0.3 is 5.97 Å². The SMILES string of the molecule is O=C(O)[C@H]1CN(C(=O)Cc2ccc(-c3ccccc3)cc2)CCO1. The topological polar surface area (TPSA) is 66.8 Å². The van der Waals surface area contributed by atoms with Crippen LogP contribution < -0.4 is 0 Å². The zero-order valence-corrected chi connectivity index (χ0v) is 13.2. The average Bonchev–Trinajstić information content (AvgIpc) is 2.63. The molecule has 0 aliphatic carbocycles. The van der Waals surface area contributed by atoms with Crippen molar-refractivity contribution in [3.05, 3.63) is 60.2 Å². The standard InChI is InChI=1S/C19H19NO4/c21-18(20-10-11-24-17(13-20)19(22)23)12-14-6-8-16(9-7-14)15-4-2-1-3-5-15/h1-9,17H,10-13H2,(H,22,23)/t17-/m1/s1. The van der Waals surface area contributed by atoms with Crippen LogP contribution in [-0.2, 0) is 20.7 Å². The maximum Gasteiger partial charge on any atom is 0.334 e. The van der Waals surface area contributed by atoms with E-state index >= 15 is 0 Å². The van der Waals surface area contributed by atoms with E-state index in [9.17, 15) is 9.59 Å². The van der Waals surface area contributed by atoms with Gasteiger partial charge in [0.15, 0.2) is 6.10 Å². The first-order chi connectivity index (χ1) is 11.6. The summed E-state index contributed by atoms with van der Waals surface area (Å²) >= 11 is 0. The lowest BCUT2D eigenvalue weighted by Gasteiger charge is -2.31. The molecule has 0 radical (unpaired) electrons. The molecule has 1 saturated heterocycles. The van der Waals surface area contributed by atoms with Gasteiger partial charge in [-0.25, -0.2) is 4.79 Å². The van der Waals surface area contributed by atoms with Crippen molar-refractivity contribution in [3.8, 4) is 11.1 Å². The summed E-state index contributed by atoms with van der Waals surface area (Å²) in [6.07, 6.45) is -0.662. The summed E-state index contributed by atoms with van der Waals surface area (Å²) in [7, 11) is 0. The zero-order valence-electron chi connectivity index (χ0n) is 13.2. The zero-order chi connectivity index (χ0) is 16.9. The highest BCUT2D eigenvalue weighted by atomic mass is 16.5. The highest BCUT2D eigenvalue weighted by molar-refractivity contribution is 5.80. The molecule has 1 aliphatic heterocycles. The Kier molecular flexibility index (Phi) is 4.91. The molecule has 1 fully saturated rings. The van der Waals surface area contributed by atoms with Gasteiger partial charge < -0.3 is 14.7 Å². The molecule has 1 aliphatic rings. The number of benzene rings is 2. The van der Waals surface area contributed by atoms with Crippen LogP contribution in [-0.4, -0.2) is 47.7 Å². The second kappa shape index (κ2) is 7.27. The van der Waals surface area contributed by atoms with Crippen molar-refractivity contribution in [3.63, 3.8) is 0 Å². The first kappa shape index (κ1) is 16.2. The number of morpholine rings is 1. The van der Waals surface area contributed by atoms with Crippen LogP contribution >= 0.6 is 0 Å². The molecule has 2 aromatic carbocycles. The summed E-state index contributed by atoms with van der Waals surface area (Å²) in [5, 5.41) is 9.00. The molecule has 1 N–H and O–H groups in total. The third-order valence-corrected chi connectivity index (χ3v) is 4.11. The molecule has 124 valence electrons. The second-order valence-corrected chi connectivity index (χ2v) is 5.78. The third kappa shape index (κ3) is 3.81. The predicted molar refractivity (Wildman–Crippen MR) is 89.5 cm³/mol. The fourth-order valence-electron chi connectivity index (χ4n) is 2.76. The van der Waals surface area contributed by atoms with Crippen LogP contribution in [0.5, 0.6) is 0 Å². The van der Waals surface area contributed by atoms with Gasteiger partial charge in [-0.1, -0.05) is 54.6 Å². The molecule has 1 heterocycles. The van der Waals surface area contributed by atoms with Gasteiger partial charge in [0.05, 0.1) is 19.6 Å². The number of amides is 1. The van der Waals surface area contributed by atoms with Crippen LogP contribution in [0.3, 0.4) is 0 Å². The fraction of sp³-hybridized carbons (Fsp3) is 0.263. The van der Waals surface area contributed by atoms with Crippen LogP contribution in [0.1, 0.15) is 5.56 Å². The number of carbonyl (C=O) groups is 2. The Labute approximate surface area is 140 Å². The van der Waals surface area contributed by atoms with Gasteiger partial charge in [-0.3, -0.25) is 4.79 Å². The van der Waals surface area contributed by atoms with Gasteiger partial charge in [-0.15, -0.1) is 0 Å². The lowest BCUT2D eigenvalue weighted by molar-refractivity contribution is -0.159. The smallest absolute Gasteiger partial charge is 0.334 e. The quantitative estimate of drug-likeness (QED) is 0.936. The van der Waals surface area contributed by atoms with Gasteiger partial charge in [-0.05, 0) is 16.7 Å². The van der Waals surface area contributed by atoms with Crippen molar-refractivity contribution in [1.82, 2.24) is 4.90 Å². The summed E-state index contributed by atoms with van der Waals surface area (Å²) in [5.41, 5.74) is 3.15. The van der Waals surface area contributed by atoms with E-state index in [1.807, 2.05) is 54.6 Å². The number of rotatable bonds is 4. The molecular formula is C19H19NO4. The molecular weight excluding hydrogens is 306 g/mol. The van der Waals surface area contributed by atoms with E-state index in [0.717, 1.165) is 16.7 Å². The number of aliphatic carboxylic acids is 1. The van der Waals surface area contributed by atoms with Gasteiger partial charge in [0.1, 0.15) is 0 Å².